The largest absolute Gasteiger partial charge is 0.244 e. The van der Waals surface area contributed by atoms with Gasteiger partial charge in [0, 0.05) is 24.0 Å². The van der Waals surface area contributed by atoms with Crippen LogP contribution in [0.3, 0.4) is 0 Å². The molecule has 0 radical (unpaired) electrons. The van der Waals surface area contributed by atoms with Gasteiger partial charge in [0.15, 0.2) is 5.65 Å². The standard InChI is InChI=1S/C11H7ClN4/c12-11-8(2-1-5-13-11)9-4-7-16-10(15-9)3-6-14-16/h1-7H. The van der Waals surface area contributed by atoms with E-state index in [1.54, 1.807) is 16.9 Å². The highest BCUT2D eigenvalue weighted by atomic mass is 35.5. The van der Waals surface area contributed by atoms with Gasteiger partial charge in [-0.2, -0.15) is 5.10 Å². The molecule has 0 fully saturated rings. The van der Waals surface area contributed by atoms with E-state index in [0.29, 0.717) is 5.15 Å². The summed E-state index contributed by atoms with van der Waals surface area (Å²) < 4.78 is 1.70. The van der Waals surface area contributed by atoms with E-state index in [9.17, 15) is 0 Å². The number of rotatable bonds is 1. The zero-order valence-electron chi connectivity index (χ0n) is 8.21. The van der Waals surface area contributed by atoms with Crippen molar-refractivity contribution in [1.29, 1.82) is 0 Å². The van der Waals surface area contributed by atoms with Crippen LogP contribution in [-0.4, -0.2) is 19.6 Å². The zero-order valence-corrected chi connectivity index (χ0v) is 8.96. The fraction of sp³-hybridized carbons (Fsp3) is 0. The van der Waals surface area contributed by atoms with Crippen molar-refractivity contribution >= 4 is 17.2 Å². The average molecular weight is 231 g/mol. The summed E-state index contributed by atoms with van der Waals surface area (Å²) in [5.74, 6) is 0. The minimum atomic E-state index is 0.457. The van der Waals surface area contributed by atoms with Crippen LogP contribution in [0.2, 0.25) is 5.15 Å². The molecule has 16 heavy (non-hydrogen) atoms. The lowest BCUT2D eigenvalue weighted by Crippen LogP contribution is -1.92. The highest BCUT2D eigenvalue weighted by Crippen LogP contribution is 2.23. The molecule has 0 aliphatic rings. The number of hydrogen-bond acceptors (Lipinski definition) is 3. The van der Waals surface area contributed by atoms with Gasteiger partial charge in [0.2, 0.25) is 0 Å². The van der Waals surface area contributed by atoms with E-state index in [0.717, 1.165) is 16.9 Å². The van der Waals surface area contributed by atoms with Crippen LogP contribution in [0, 0.1) is 0 Å². The van der Waals surface area contributed by atoms with Crippen molar-refractivity contribution in [3.05, 3.63) is 48.0 Å². The van der Waals surface area contributed by atoms with Gasteiger partial charge in [-0.25, -0.2) is 14.5 Å². The summed E-state index contributed by atoms with van der Waals surface area (Å²) in [6, 6.07) is 7.44. The first-order valence-electron chi connectivity index (χ1n) is 4.76. The summed E-state index contributed by atoms with van der Waals surface area (Å²) in [6.45, 7) is 0. The van der Waals surface area contributed by atoms with Gasteiger partial charge in [-0.15, -0.1) is 0 Å². The minimum absolute atomic E-state index is 0.457. The van der Waals surface area contributed by atoms with E-state index in [1.165, 1.54) is 0 Å². The lowest BCUT2D eigenvalue weighted by Gasteiger charge is -2.02. The molecule has 0 aromatic carbocycles. The first kappa shape index (κ1) is 9.30. The third-order valence-corrected chi connectivity index (χ3v) is 2.59. The lowest BCUT2D eigenvalue weighted by atomic mass is 10.2. The summed E-state index contributed by atoms with van der Waals surface area (Å²) >= 11 is 6.01. The maximum Gasteiger partial charge on any atom is 0.155 e. The molecule has 3 aromatic heterocycles. The first-order chi connectivity index (χ1) is 7.84. The molecule has 78 valence electrons. The molecular formula is C11H7ClN4. The van der Waals surface area contributed by atoms with Crippen LogP contribution < -0.4 is 0 Å². The van der Waals surface area contributed by atoms with Gasteiger partial charge in [-0.1, -0.05) is 11.6 Å². The second-order valence-corrected chi connectivity index (χ2v) is 3.65. The van der Waals surface area contributed by atoms with E-state index in [-0.39, 0.29) is 0 Å². The summed E-state index contributed by atoms with van der Waals surface area (Å²) in [5.41, 5.74) is 2.41. The van der Waals surface area contributed by atoms with Crippen molar-refractivity contribution in [1.82, 2.24) is 19.6 Å². The molecule has 0 bridgehead atoms. The molecule has 0 spiro atoms. The highest BCUT2D eigenvalue weighted by molar-refractivity contribution is 6.32. The van der Waals surface area contributed by atoms with E-state index >= 15 is 0 Å². The Labute approximate surface area is 96.5 Å². The third-order valence-electron chi connectivity index (χ3n) is 2.29. The molecule has 0 saturated heterocycles. The van der Waals surface area contributed by atoms with Gasteiger partial charge in [0.05, 0.1) is 11.9 Å². The van der Waals surface area contributed by atoms with Crippen LogP contribution in [0.1, 0.15) is 0 Å². The van der Waals surface area contributed by atoms with Crippen LogP contribution in [0.25, 0.3) is 16.9 Å². The fourth-order valence-electron chi connectivity index (χ4n) is 1.54. The smallest absolute Gasteiger partial charge is 0.155 e. The normalized spacial score (nSPS) is 10.8. The number of fused-ring (bicyclic) bond motifs is 1. The predicted octanol–water partition coefficient (Wildman–Crippen LogP) is 2.44. The molecule has 4 nitrogen and oxygen atoms in total. The Kier molecular flexibility index (Phi) is 2.08. The summed E-state index contributed by atoms with van der Waals surface area (Å²) in [7, 11) is 0. The van der Waals surface area contributed by atoms with E-state index in [1.807, 2.05) is 30.5 Å². The quantitative estimate of drug-likeness (QED) is 0.603. The molecule has 3 aromatic rings. The molecule has 0 N–H and O–H groups in total. The molecule has 0 aliphatic carbocycles. The molecule has 0 aliphatic heterocycles. The second kappa shape index (κ2) is 3.57. The molecule has 0 amide bonds. The molecule has 3 rings (SSSR count). The molecule has 0 atom stereocenters. The van der Waals surface area contributed by atoms with Crippen molar-refractivity contribution < 1.29 is 0 Å². The summed E-state index contributed by atoms with van der Waals surface area (Å²) in [6.07, 6.45) is 5.21. The minimum Gasteiger partial charge on any atom is -0.244 e. The molecule has 0 saturated carbocycles. The van der Waals surface area contributed by atoms with E-state index in [4.69, 9.17) is 11.6 Å². The number of pyridine rings is 1. The van der Waals surface area contributed by atoms with E-state index < -0.39 is 0 Å². The topological polar surface area (TPSA) is 43.1 Å². The number of halogens is 1. The summed E-state index contributed by atoms with van der Waals surface area (Å²) in [5, 5.41) is 4.54. The maximum atomic E-state index is 6.01. The van der Waals surface area contributed by atoms with Gasteiger partial charge in [0.1, 0.15) is 5.15 Å². The van der Waals surface area contributed by atoms with Crippen LogP contribution in [0.15, 0.2) is 42.9 Å². The molecular weight excluding hydrogens is 224 g/mol. The Balaban J connectivity index is 2.22. The Morgan fingerprint density at radius 3 is 2.94 bits per heavy atom. The van der Waals surface area contributed by atoms with Crippen molar-refractivity contribution in [2.45, 2.75) is 0 Å². The van der Waals surface area contributed by atoms with Gasteiger partial charge in [0.25, 0.3) is 0 Å². The van der Waals surface area contributed by atoms with Crippen LogP contribution in [0.4, 0.5) is 0 Å². The Morgan fingerprint density at radius 1 is 1.12 bits per heavy atom. The van der Waals surface area contributed by atoms with Crippen molar-refractivity contribution in [3.8, 4) is 11.3 Å². The zero-order chi connectivity index (χ0) is 11.0. The van der Waals surface area contributed by atoms with Gasteiger partial charge >= 0.3 is 0 Å². The third kappa shape index (κ3) is 1.44. The Bertz CT molecular complexity index is 647. The van der Waals surface area contributed by atoms with Crippen molar-refractivity contribution in [2.24, 2.45) is 0 Å². The molecule has 0 unspecified atom stereocenters. The van der Waals surface area contributed by atoms with Crippen molar-refractivity contribution in [3.63, 3.8) is 0 Å². The monoisotopic (exact) mass is 230 g/mol. The number of aromatic nitrogens is 4. The highest BCUT2D eigenvalue weighted by Gasteiger charge is 2.06. The first-order valence-corrected chi connectivity index (χ1v) is 5.14. The second-order valence-electron chi connectivity index (χ2n) is 3.29. The van der Waals surface area contributed by atoms with Gasteiger partial charge < -0.3 is 0 Å². The number of hydrogen-bond donors (Lipinski definition) is 0. The summed E-state index contributed by atoms with van der Waals surface area (Å²) in [4.78, 5) is 8.47. The van der Waals surface area contributed by atoms with Crippen molar-refractivity contribution in [2.75, 3.05) is 0 Å². The van der Waals surface area contributed by atoms with Crippen LogP contribution in [-0.2, 0) is 0 Å². The van der Waals surface area contributed by atoms with Crippen LogP contribution >= 0.6 is 11.6 Å². The fourth-order valence-corrected chi connectivity index (χ4v) is 1.76. The Morgan fingerprint density at radius 2 is 2.06 bits per heavy atom. The molecule has 3 heterocycles. The van der Waals surface area contributed by atoms with Crippen LogP contribution in [0.5, 0.6) is 0 Å². The van der Waals surface area contributed by atoms with E-state index in [2.05, 4.69) is 15.1 Å². The SMILES string of the molecule is Clc1ncccc1-c1ccn2nccc2n1. The van der Waals surface area contributed by atoms with Gasteiger partial charge in [-0.3, -0.25) is 0 Å². The average Bonchev–Trinajstić information content (AvgIpc) is 2.76. The maximum absolute atomic E-state index is 6.01. The molecule has 5 heteroatoms. The number of nitrogens with zero attached hydrogens (tertiary/aromatic N) is 4. The lowest BCUT2D eigenvalue weighted by molar-refractivity contribution is 0.941. The Hall–Kier alpha value is -1.94. The van der Waals surface area contributed by atoms with Gasteiger partial charge in [-0.05, 0) is 18.2 Å². The predicted molar refractivity (Wildman–Crippen MR) is 61.2 cm³/mol.